The van der Waals surface area contributed by atoms with E-state index in [1.807, 2.05) is 18.7 Å². The summed E-state index contributed by atoms with van der Waals surface area (Å²) in [7, 11) is 1.95. The fraction of sp³-hybridized carbons (Fsp3) is 0.727. The minimum Gasteiger partial charge on any atom is -0.377 e. The van der Waals surface area contributed by atoms with Crippen LogP contribution in [0.2, 0.25) is 0 Å². The lowest BCUT2D eigenvalue weighted by Gasteiger charge is -2.09. The Bertz CT molecular complexity index is 321. The van der Waals surface area contributed by atoms with Gasteiger partial charge in [0.25, 0.3) is 0 Å². The van der Waals surface area contributed by atoms with Crippen molar-refractivity contribution in [3.8, 4) is 0 Å². The highest BCUT2D eigenvalue weighted by molar-refractivity contribution is 5.85. The monoisotopic (exact) mass is 245 g/mol. The van der Waals surface area contributed by atoms with Gasteiger partial charge in [0.15, 0.2) is 0 Å². The number of hydrogen-bond donors (Lipinski definition) is 1. The van der Waals surface area contributed by atoms with Crippen LogP contribution in [0, 0.1) is 6.92 Å². The largest absolute Gasteiger partial charge is 0.377 e. The first-order valence-corrected chi connectivity index (χ1v) is 5.57. The van der Waals surface area contributed by atoms with Crippen molar-refractivity contribution in [1.82, 2.24) is 15.1 Å². The number of rotatable bonds is 4. The van der Waals surface area contributed by atoms with Crippen molar-refractivity contribution in [2.75, 3.05) is 13.2 Å². The highest BCUT2D eigenvalue weighted by Gasteiger charge is 2.14. The summed E-state index contributed by atoms with van der Waals surface area (Å²) in [6.45, 7) is 4.81. The molecule has 1 aromatic rings. The van der Waals surface area contributed by atoms with Crippen molar-refractivity contribution in [3.05, 3.63) is 17.5 Å². The first kappa shape index (κ1) is 13.5. The normalized spacial score (nSPS) is 19.8. The third-order valence-corrected chi connectivity index (χ3v) is 2.83. The van der Waals surface area contributed by atoms with Crippen LogP contribution in [0.4, 0.5) is 0 Å². The van der Waals surface area contributed by atoms with Crippen LogP contribution in [0.1, 0.15) is 24.1 Å². The van der Waals surface area contributed by atoms with Gasteiger partial charge in [-0.1, -0.05) is 0 Å². The number of aromatic nitrogens is 2. The lowest BCUT2D eigenvalue weighted by Crippen LogP contribution is -2.25. The summed E-state index contributed by atoms with van der Waals surface area (Å²) in [5.74, 6) is 0. The van der Waals surface area contributed by atoms with Crippen molar-refractivity contribution in [3.63, 3.8) is 0 Å². The van der Waals surface area contributed by atoms with Gasteiger partial charge in [0.1, 0.15) is 0 Å². The number of aryl methyl sites for hydroxylation is 2. The van der Waals surface area contributed by atoms with Gasteiger partial charge < -0.3 is 10.1 Å². The lowest BCUT2D eigenvalue weighted by atomic mass is 10.2. The van der Waals surface area contributed by atoms with Crippen LogP contribution in [0.15, 0.2) is 6.20 Å². The third-order valence-electron chi connectivity index (χ3n) is 2.83. The van der Waals surface area contributed by atoms with Gasteiger partial charge in [0, 0.05) is 38.5 Å². The van der Waals surface area contributed by atoms with Crippen LogP contribution >= 0.6 is 12.4 Å². The molecule has 0 amide bonds. The maximum absolute atomic E-state index is 5.54. The second-order valence-corrected chi connectivity index (χ2v) is 4.18. The predicted octanol–water partition coefficient (Wildman–Crippen LogP) is 1.42. The molecule has 2 heterocycles. The SMILES string of the molecule is Cc1nn(C)cc1CNCC1CCCO1.Cl. The zero-order chi connectivity index (χ0) is 10.7. The molecular formula is C11H20ClN3O. The highest BCUT2D eigenvalue weighted by atomic mass is 35.5. The standard InChI is InChI=1S/C11H19N3O.ClH/c1-9-10(8-14(2)13-9)6-12-7-11-4-3-5-15-11;/h8,11-12H,3-7H2,1-2H3;1H. The van der Waals surface area contributed by atoms with Gasteiger partial charge in [-0.05, 0) is 19.8 Å². The molecule has 0 aliphatic carbocycles. The van der Waals surface area contributed by atoms with Crippen LogP contribution < -0.4 is 5.32 Å². The maximum atomic E-state index is 5.54. The Balaban J connectivity index is 0.00000128. The van der Waals surface area contributed by atoms with E-state index in [-0.39, 0.29) is 12.4 Å². The first-order chi connectivity index (χ1) is 7.25. The zero-order valence-electron chi connectivity index (χ0n) is 9.90. The molecule has 1 atom stereocenters. The van der Waals surface area contributed by atoms with Crippen LogP contribution in [0.5, 0.6) is 0 Å². The summed E-state index contributed by atoms with van der Waals surface area (Å²) in [6, 6.07) is 0. The van der Waals surface area contributed by atoms with E-state index in [9.17, 15) is 0 Å². The van der Waals surface area contributed by atoms with Crippen molar-refractivity contribution in [2.24, 2.45) is 7.05 Å². The molecule has 0 saturated carbocycles. The highest BCUT2D eigenvalue weighted by Crippen LogP contribution is 2.11. The van der Waals surface area contributed by atoms with E-state index in [2.05, 4.69) is 16.6 Å². The number of ether oxygens (including phenoxy) is 1. The summed E-state index contributed by atoms with van der Waals surface area (Å²) < 4.78 is 7.40. The zero-order valence-corrected chi connectivity index (χ0v) is 10.7. The molecule has 0 spiro atoms. The molecule has 0 aromatic carbocycles. The third kappa shape index (κ3) is 3.47. The number of hydrogen-bond acceptors (Lipinski definition) is 3. The van der Waals surface area contributed by atoms with Crippen LogP contribution in [-0.4, -0.2) is 29.0 Å². The van der Waals surface area contributed by atoms with Crippen LogP contribution in [0.25, 0.3) is 0 Å². The fourth-order valence-corrected chi connectivity index (χ4v) is 2.00. The van der Waals surface area contributed by atoms with Gasteiger partial charge in [-0.15, -0.1) is 12.4 Å². The first-order valence-electron chi connectivity index (χ1n) is 5.57. The van der Waals surface area contributed by atoms with Gasteiger partial charge in [0.2, 0.25) is 0 Å². The van der Waals surface area contributed by atoms with E-state index in [4.69, 9.17) is 4.74 Å². The second kappa shape index (κ2) is 6.23. The van der Waals surface area contributed by atoms with E-state index in [1.165, 1.54) is 18.4 Å². The predicted molar refractivity (Wildman–Crippen MR) is 65.9 cm³/mol. The Kier molecular flexibility index (Phi) is 5.25. The molecule has 1 unspecified atom stereocenters. The van der Waals surface area contributed by atoms with E-state index < -0.39 is 0 Å². The lowest BCUT2D eigenvalue weighted by molar-refractivity contribution is 0.110. The summed E-state index contributed by atoms with van der Waals surface area (Å²) in [4.78, 5) is 0. The molecule has 0 bridgehead atoms. The minimum absolute atomic E-state index is 0. The molecular weight excluding hydrogens is 226 g/mol. The number of halogens is 1. The van der Waals surface area contributed by atoms with E-state index in [0.717, 1.165) is 25.4 Å². The van der Waals surface area contributed by atoms with Crippen LogP contribution in [-0.2, 0) is 18.3 Å². The molecule has 92 valence electrons. The molecule has 16 heavy (non-hydrogen) atoms. The topological polar surface area (TPSA) is 39.1 Å². The van der Waals surface area contributed by atoms with Gasteiger partial charge in [0.05, 0.1) is 11.8 Å². The fourth-order valence-electron chi connectivity index (χ4n) is 2.00. The Hall–Kier alpha value is -0.580. The Morgan fingerprint density at radius 2 is 2.44 bits per heavy atom. The smallest absolute Gasteiger partial charge is 0.0700 e. The van der Waals surface area contributed by atoms with E-state index >= 15 is 0 Å². The molecule has 1 aliphatic rings. The van der Waals surface area contributed by atoms with Gasteiger partial charge in [-0.2, -0.15) is 5.10 Å². The average molecular weight is 246 g/mol. The van der Waals surface area contributed by atoms with E-state index in [1.54, 1.807) is 0 Å². The Labute approximate surface area is 103 Å². The molecule has 1 N–H and O–H groups in total. The molecule has 1 aliphatic heterocycles. The summed E-state index contributed by atoms with van der Waals surface area (Å²) >= 11 is 0. The summed E-state index contributed by atoms with van der Waals surface area (Å²) in [5, 5.41) is 7.73. The van der Waals surface area contributed by atoms with Crippen LogP contribution in [0.3, 0.4) is 0 Å². The van der Waals surface area contributed by atoms with Crippen molar-refractivity contribution in [2.45, 2.75) is 32.4 Å². The molecule has 1 aromatic heterocycles. The van der Waals surface area contributed by atoms with Crippen molar-refractivity contribution < 1.29 is 4.74 Å². The molecule has 0 radical (unpaired) electrons. The summed E-state index contributed by atoms with van der Waals surface area (Å²) in [6.07, 6.45) is 4.89. The molecule has 1 fully saturated rings. The van der Waals surface area contributed by atoms with Gasteiger partial charge in [-0.3, -0.25) is 4.68 Å². The quantitative estimate of drug-likeness (QED) is 0.872. The Morgan fingerprint density at radius 1 is 1.62 bits per heavy atom. The molecule has 1 saturated heterocycles. The van der Waals surface area contributed by atoms with Crippen molar-refractivity contribution >= 4 is 12.4 Å². The molecule has 2 rings (SSSR count). The average Bonchev–Trinajstić information content (AvgIpc) is 2.77. The number of nitrogens with zero attached hydrogens (tertiary/aromatic N) is 2. The minimum atomic E-state index is 0. The molecule has 4 nitrogen and oxygen atoms in total. The van der Waals surface area contributed by atoms with Gasteiger partial charge >= 0.3 is 0 Å². The second-order valence-electron chi connectivity index (χ2n) is 4.18. The van der Waals surface area contributed by atoms with E-state index in [0.29, 0.717) is 6.10 Å². The molecule has 5 heteroatoms. The summed E-state index contributed by atoms with van der Waals surface area (Å²) in [5.41, 5.74) is 2.38. The Morgan fingerprint density at radius 3 is 3.00 bits per heavy atom. The van der Waals surface area contributed by atoms with Gasteiger partial charge in [-0.25, -0.2) is 0 Å². The van der Waals surface area contributed by atoms with Crippen molar-refractivity contribution in [1.29, 1.82) is 0 Å². The maximum Gasteiger partial charge on any atom is 0.0700 e. The number of nitrogens with one attached hydrogen (secondary N) is 1.